The summed E-state index contributed by atoms with van der Waals surface area (Å²) in [6, 6.07) is 5.32. The van der Waals surface area contributed by atoms with E-state index in [1.54, 1.807) is 23.5 Å². The number of ether oxygens (including phenoxy) is 1. The van der Waals surface area contributed by atoms with E-state index in [4.69, 9.17) is 4.74 Å². The molecule has 1 aliphatic heterocycles. The van der Waals surface area contributed by atoms with Crippen LogP contribution in [-0.4, -0.2) is 76.2 Å². The second-order valence-corrected chi connectivity index (χ2v) is 8.20. The number of hydrogen-bond acceptors (Lipinski definition) is 6. The summed E-state index contributed by atoms with van der Waals surface area (Å²) < 4.78 is 6.31. The second kappa shape index (κ2) is 10.00. The first-order chi connectivity index (χ1) is 14.4. The highest BCUT2D eigenvalue weighted by atomic mass is 16.5. The van der Waals surface area contributed by atoms with E-state index in [1.165, 1.54) is 0 Å². The molecule has 30 heavy (non-hydrogen) atoms. The highest BCUT2D eigenvalue weighted by molar-refractivity contribution is 5.98. The standard InChI is InChI=1S/C23H32N4O3/c1-5-10-26(4)14-21-16(2)13-27(17(3)15-28)23(29)20-11-19(12-25-22(20)30-21)18-6-8-24-9-7-18/h6-9,11-12,16-17,21,28H,5,10,13-15H2,1-4H3/t16-,17-,21+/m0/s1. The number of pyridine rings is 2. The smallest absolute Gasteiger partial charge is 0.259 e. The van der Waals surface area contributed by atoms with Crippen LogP contribution in [0, 0.1) is 5.92 Å². The highest BCUT2D eigenvalue weighted by Gasteiger charge is 2.34. The van der Waals surface area contributed by atoms with Gasteiger partial charge in [0.15, 0.2) is 0 Å². The van der Waals surface area contributed by atoms with E-state index < -0.39 is 0 Å². The van der Waals surface area contributed by atoms with Crippen molar-refractivity contribution in [2.45, 2.75) is 39.3 Å². The van der Waals surface area contributed by atoms with Crippen molar-refractivity contribution < 1.29 is 14.6 Å². The third kappa shape index (κ3) is 4.96. The lowest BCUT2D eigenvalue weighted by Crippen LogP contribution is -2.50. The van der Waals surface area contributed by atoms with Crippen molar-refractivity contribution in [3.63, 3.8) is 0 Å². The first-order valence-electron chi connectivity index (χ1n) is 10.6. The van der Waals surface area contributed by atoms with Crippen molar-refractivity contribution in [2.75, 3.05) is 33.3 Å². The summed E-state index contributed by atoms with van der Waals surface area (Å²) in [6.45, 7) is 8.26. The first kappa shape index (κ1) is 22.2. The SMILES string of the molecule is CCCN(C)C[C@H]1Oc2ncc(-c3ccncc3)cc2C(=O)N([C@@H](C)CO)C[C@@H]1C. The zero-order valence-electron chi connectivity index (χ0n) is 18.3. The summed E-state index contributed by atoms with van der Waals surface area (Å²) in [5, 5.41) is 9.76. The normalized spacial score (nSPS) is 20.3. The van der Waals surface area contributed by atoms with E-state index in [0.29, 0.717) is 18.0 Å². The lowest BCUT2D eigenvalue weighted by atomic mass is 9.99. The topological polar surface area (TPSA) is 78.8 Å². The average molecular weight is 413 g/mol. The minimum Gasteiger partial charge on any atom is -0.472 e. The molecule has 7 heteroatoms. The van der Waals surface area contributed by atoms with Crippen molar-refractivity contribution in [2.24, 2.45) is 5.92 Å². The van der Waals surface area contributed by atoms with E-state index in [2.05, 4.69) is 35.8 Å². The Hall–Kier alpha value is -2.51. The molecule has 0 unspecified atom stereocenters. The van der Waals surface area contributed by atoms with Gasteiger partial charge in [-0.3, -0.25) is 9.78 Å². The summed E-state index contributed by atoms with van der Waals surface area (Å²) in [6.07, 6.45) is 6.12. The largest absolute Gasteiger partial charge is 0.472 e. The monoisotopic (exact) mass is 412 g/mol. The minimum atomic E-state index is -0.287. The van der Waals surface area contributed by atoms with E-state index >= 15 is 0 Å². The molecule has 1 N–H and O–H groups in total. The maximum absolute atomic E-state index is 13.4. The van der Waals surface area contributed by atoms with Crippen molar-refractivity contribution in [3.05, 3.63) is 42.4 Å². The van der Waals surface area contributed by atoms with Crippen LogP contribution >= 0.6 is 0 Å². The number of carbonyl (C=O) groups is 1. The van der Waals surface area contributed by atoms with Gasteiger partial charge in [0, 0.05) is 43.2 Å². The first-order valence-corrected chi connectivity index (χ1v) is 10.6. The third-order valence-corrected chi connectivity index (χ3v) is 5.63. The Balaban J connectivity index is 2.01. The summed E-state index contributed by atoms with van der Waals surface area (Å²) in [5.74, 6) is 0.286. The number of aliphatic hydroxyl groups excluding tert-OH is 1. The summed E-state index contributed by atoms with van der Waals surface area (Å²) in [5.41, 5.74) is 2.20. The van der Waals surface area contributed by atoms with Gasteiger partial charge in [0.05, 0.1) is 12.6 Å². The number of amides is 1. The van der Waals surface area contributed by atoms with Gasteiger partial charge >= 0.3 is 0 Å². The number of aliphatic hydroxyl groups is 1. The van der Waals surface area contributed by atoms with Crippen molar-refractivity contribution in [1.82, 2.24) is 19.8 Å². The van der Waals surface area contributed by atoms with Gasteiger partial charge in [0.25, 0.3) is 5.91 Å². The maximum atomic E-state index is 13.4. The minimum absolute atomic E-state index is 0.0907. The van der Waals surface area contributed by atoms with Crippen LogP contribution in [0.5, 0.6) is 5.88 Å². The Morgan fingerprint density at radius 2 is 2.07 bits per heavy atom. The molecular weight excluding hydrogens is 380 g/mol. The molecule has 7 nitrogen and oxygen atoms in total. The molecule has 3 atom stereocenters. The zero-order chi connectivity index (χ0) is 21.7. The molecule has 1 amide bonds. The zero-order valence-corrected chi connectivity index (χ0v) is 18.3. The molecule has 2 aromatic rings. The quantitative estimate of drug-likeness (QED) is 0.753. The Morgan fingerprint density at radius 3 is 2.73 bits per heavy atom. The van der Waals surface area contributed by atoms with Crippen LogP contribution in [0.3, 0.4) is 0 Å². The summed E-state index contributed by atoms with van der Waals surface area (Å²) in [4.78, 5) is 26.0. The van der Waals surface area contributed by atoms with E-state index in [1.807, 2.05) is 25.1 Å². The molecule has 0 radical (unpaired) electrons. The van der Waals surface area contributed by atoms with Crippen LogP contribution in [0.1, 0.15) is 37.6 Å². The highest BCUT2D eigenvalue weighted by Crippen LogP contribution is 2.30. The molecule has 1 aliphatic rings. The van der Waals surface area contributed by atoms with Gasteiger partial charge in [0.1, 0.15) is 11.7 Å². The molecule has 3 heterocycles. The molecular formula is C23H32N4O3. The van der Waals surface area contributed by atoms with Crippen molar-refractivity contribution >= 4 is 5.91 Å². The van der Waals surface area contributed by atoms with Crippen molar-refractivity contribution in [1.29, 1.82) is 0 Å². The molecule has 0 spiro atoms. The lowest BCUT2D eigenvalue weighted by Gasteiger charge is -2.37. The molecule has 0 bridgehead atoms. The molecule has 0 saturated heterocycles. The van der Waals surface area contributed by atoms with Crippen LogP contribution in [0.2, 0.25) is 0 Å². The molecule has 0 aromatic carbocycles. The van der Waals surface area contributed by atoms with Gasteiger partial charge in [-0.1, -0.05) is 13.8 Å². The predicted molar refractivity (Wildman–Crippen MR) is 116 cm³/mol. The number of rotatable bonds is 7. The fourth-order valence-electron chi connectivity index (χ4n) is 3.80. The van der Waals surface area contributed by atoms with Crippen LogP contribution < -0.4 is 4.74 Å². The van der Waals surface area contributed by atoms with Crippen LogP contribution in [0.15, 0.2) is 36.8 Å². The van der Waals surface area contributed by atoms with Crippen molar-refractivity contribution in [3.8, 4) is 17.0 Å². The van der Waals surface area contributed by atoms with E-state index in [0.717, 1.165) is 30.6 Å². The summed E-state index contributed by atoms with van der Waals surface area (Å²) in [7, 11) is 2.08. The number of hydrogen-bond donors (Lipinski definition) is 1. The fraction of sp³-hybridized carbons (Fsp3) is 0.522. The van der Waals surface area contributed by atoms with Gasteiger partial charge in [-0.25, -0.2) is 4.98 Å². The van der Waals surface area contributed by atoms with Crippen LogP contribution in [-0.2, 0) is 0 Å². The number of aromatic nitrogens is 2. The average Bonchev–Trinajstić information content (AvgIpc) is 2.76. The lowest BCUT2D eigenvalue weighted by molar-refractivity contribution is 0.0331. The third-order valence-electron chi connectivity index (χ3n) is 5.63. The van der Waals surface area contributed by atoms with Gasteiger partial charge in [0.2, 0.25) is 5.88 Å². The Labute approximate surface area is 178 Å². The summed E-state index contributed by atoms with van der Waals surface area (Å²) >= 11 is 0. The van der Waals surface area contributed by atoms with E-state index in [-0.39, 0.29) is 30.6 Å². The predicted octanol–water partition coefficient (Wildman–Crippen LogP) is 2.71. The maximum Gasteiger partial charge on any atom is 0.259 e. The van der Waals surface area contributed by atoms with Crippen LogP contribution in [0.25, 0.3) is 11.1 Å². The number of likely N-dealkylation sites (N-methyl/N-ethyl adjacent to an activating group) is 1. The van der Waals surface area contributed by atoms with Gasteiger partial charge in [-0.15, -0.1) is 0 Å². The number of fused-ring (bicyclic) bond motifs is 1. The molecule has 162 valence electrons. The fourth-order valence-corrected chi connectivity index (χ4v) is 3.80. The molecule has 0 aliphatic carbocycles. The second-order valence-electron chi connectivity index (χ2n) is 8.20. The number of carbonyl (C=O) groups excluding carboxylic acids is 1. The molecule has 2 aromatic heterocycles. The van der Waals surface area contributed by atoms with Gasteiger partial charge in [-0.2, -0.15) is 0 Å². The van der Waals surface area contributed by atoms with Crippen LogP contribution in [0.4, 0.5) is 0 Å². The van der Waals surface area contributed by atoms with Gasteiger partial charge in [-0.05, 0) is 50.7 Å². The molecule has 3 rings (SSSR count). The van der Waals surface area contributed by atoms with E-state index in [9.17, 15) is 9.90 Å². The molecule has 0 fully saturated rings. The van der Waals surface area contributed by atoms with Gasteiger partial charge < -0.3 is 19.6 Å². The molecule has 0 saturated carbocycles. The Kier molecular flexibility index (Phi) is 7.39. The Bertz CT molecular complexity index is 846. The Morgan fingerprint density at radius 1 is 1.33 bits per heavy atom. The number of nitrogens with zero attached hydrogens (tertiary/aromatic N) is 4.